The van der Waals surface area contributed by atoms with E-state index in [0.29, 0.717) is 24.5 Å². The number of ether oxygens (including phenoxy) is 1. The molecule has 1 fully saturated rings. The molecule has 2 nitrogen and oxygen atoms in total. The zero-order chi connectivity index (χ0) is 11.4. The van der Waals surface area contributed by atoms with Crippen LogP contribution in [0.1, 0.15) is 40.0 Å². The van der Waals surface area contributed by atoms with Crippen LogP contribution in [0.5, 0.6) is 0 Å². The molecule has 1 aliphatic rings. The summed E-state index contributed by atoms with van der Waals surface area (Å²) in [4.78, 5) is 11.9. The van der Waals surface area contributed by atoms with Gasteiger partial charge in [-0.3, -0.25) is 4.79 Å². The predicted octanol–water partition coefficient (Wildman–Crippen LogP) is 2.42. The van der Waals surface area contributed by atoms with Gasteiger partial charge in [0.2, 0.25) is 0 Å². The van der Waals surface area contributed by atoms with Crippen molar-refractivity contribution in [3.05, 3.63) is 0 Å². The van der Waals surface area contributed by atoms with Gasteiger partial charge in [0.1, 0.15) is 5.78 Å². The van der Waals surface area contributed by atoms with Crippen LogP contribution in [0, 0.1) is 24.2 Å². The second-order valence-electron chi connectivity index (χ2n) is 4.46. The van der Waals surface area contributed by atoms with Crippen LogP contribution in [0.3, 0.4) is 0 Å². The fourth-order valence-electron chi connectivity index (χ4n) is 2.35. The van der Waals surface area contributed by atoms with E-state index >= 15 is 0 Å². The predicted molar refractivity (Wildman–Crippen MR) is 60.4 cm³/mol. The van der Waals surface area contributed by atoms with E-state index in [1.165, 1.54) is 0 Å². The first-order valence-electron chi connectivity index (χ1n) is 5.69. The molecule has 15 heavy (non-hydrogen) atoms. The lowest BCUT2D eigenvalue weighted by molar-refractivity contribution is -0.125. The van der Waals surface area contributed by atoms with Crippen molar-refractivity contribution in [3.8, 4) is 12.3 Å². The van der Waals surface area contributed by atoms with E-state index in [4.69, 9.17) is 11.2 Å². The minimum Gasteiger partial charge on any atom is -0.375 e. The molecule has 0 amide bonds. The second kappa shape index (κ2) is 5.32. The van der Waals surface area contributed by atoms with Gasteiger partial charge in [0.05, 0.1) is 12.2 Å². The van der Waals surface area contributed by atoms with Crippen LogP contribution in [0.4, 0.5) is 0 Å². The summed E-state index contributed by atoms with van der Waals surface area (Å²) in [5, 5.41) is 0. The molecular weight excluding hydrogens is 188 g/mol. The summed E-state index contributed by atoms with van der Waals surface area (Å²) < 4.78 is 5.65. The lowest BCUT2D eigenvalue weighted by Crippen LogP contribution is -2.26. The summed E-state index contributed by atoms with van der Waals surface area (Å²) in [5.41, 5.74) is 0. The first-order chi connectivity index (χ1) is 7.07. The fraction of sp³-hybridized carbons (Fsp3) is 0.769. The maximum absolute atomic E-state index is 11.9. The topological polar surface area (TPSA) is 26.3 Å². The van der Waals surface area contributed by atoms with E-state index in [1.54, 1.807) is 0 Å². The molecule has 0 aromatic heterocycles. The Kier molecular flexibility index (Phi) is 4.35. The van der Waals surface area contributed by atoms with Crippen LogP contribution in [0.25, 0.3) is 0 Å². The van der Waals surface area contributed by atoms with Gasteiger partial charge in [0.25, 0.3) is 0 Å². The average molecular weight is 208 g/mol. The Bertz CT molecular complexity index is 264. The van der Waals surface area contributed by atoms with E-state index in [1.807, 2.05) is 13.8 Å². The molecule has 4 unspecified atom stereocenters. The maximum Gasteiger partial charge on any atom is 0.138 e. The Morgan fingerprint density at radius 1 is 1.33 bits per heavy atom. The van der Waals surface area contributed by atoms with Gasteiger partial charge < -0.3 is 4.74 Å². The van der Waals surface area contributed by atoms with Crippen LogP contribution in [0.2, 0.25) is 0 Å². The lowest BCUT2D eigenvalue weighted by atomic mass is 9.84. The van der Waals surface area contributed by atoms with Gasteiger partial charge >= 0.3 is 0 Å². The third-order valence-corrected chi connectivity index (χ3v) is 3.36. The minimum atomic E-state index is 0.0633. The van der Waals surface area contributed by atoms with Crippen LogP contribution in [0.15, 0.2) is 0 Å². The van der Waals surface area contributed by atoms with E-state index in [2.05, 4.69) is 12.8 Å². The molecule has 1 aliphatic heterocycles. The highest BCUT2D eigenvalue weighted by Crippen LogP contribution is 2.33. The summed E-state index contributed by atoms with van der Waals surface area (Å²) in [6, 6.07) is 0. The summed E-state index contributed by atoms with van der Waals surface area (Å²) in [7, 11) is 0. The average Bonchev–Trinajstić information content (AvgIpc) is 2.41. The third-order valence-electron chi connectivity index (χ3n) is 3.36. The third kappa shape index (κ3) is 2.82. The molecule has 0 bridgehead atoms. The Labute approximate surface area is 92.4 Å². The number of ketones is 1. The number of carbonyl (C=O) groups is 1. The van der Waals surface area contributed by atoms with Crippen LogP contribution in [-0.4, -0.2) is 18.0 Å². The highest BCUT2D eigenvalue weighted by atomic mass is 16.5. The van der Waals surface area contributed by atoms with Gasteiger partial charge in [0.15, 0.2) is 0 Å². The van der Waals surface area contributed by atoms with Gasteiger partial charge in [-0.2, -0.15) is 0 Å². The summed E-state index contributed by atoms with van der Waals surface area (Å²) in [6.45, 7) is 6.12. The molecule has 0 radical (unpaired) electrons. The lowest BCUT2D eigenvalue weighted by Gasteiger charge is -2.16. The minimum absolute atomic E-state index is 0.0633. The van der Waals surface area contributed by atoms with Gasteiger partial charge in [-0.15, -0.1) is 12.3 Å². The van der Waals surface area contributed by atoms with Crippen molar-refractivity contribution in [2.24, 2.45) is 11.8 Å². The van der Waals surface area contributed by atoms with Crippen LogP contribution < -0.4 is 0 Å². The molecule has 0 N–H and O–H groups in total. The number of hydrogen-bond acceptors (Lipinski definition) is 2. The smallest absolute Gasteiger partial charge is 0.138 e. The highest BCUT2D eigenvalue weighted by Gasteiger charge is 2.40. The Balaban J connectivity index is 2.48. The van der Waals surface area contributed by atoms with Gasteiger partial charge in [-0.1, -0.05) is 6.92 Å². The SMILES string of the molecule is C#CCCCC(=O)C1C(C)OC(C)C1C. The Hall–Kier alpha value is -0.810. The molecule has 1 saturated heterocycles. The summed E-state index contributed by atoms with van der Waals surface area (Å²) in [5.74, 6) is 3.27. The van der Waals surface area contributed by atoms with Crippen molar-refractivity contribution < 1.29 is 9.53 Å². The van der Waals surface area contributed by atoms with Crippen molar-refractivity contribution in [1.82, 2.24) is 0 Å². The second-order valence-corrected chi connectivity index (χ2v) is 4.46. The molecule has 0 aliphatic carbocycles. The molecule has 0 aromatic carbocycles. The van der Waals surface area contributed by atoms with Crippen LogP contribution in [-0.2, 0) is 9.53 Å². The van der Waals surface area contributed by atoms with Gasteiger partial charge in [-0.25, -0.2) is 0 Å². The molecular formula is C13H20O2. The van der Waals surface area contributed by atoms with Crippen molar-refractivity contribution in [3.63, 3.8) is 0 Å². The zero-order valence-corrected chi connectivity index (χ0v) is 9.82. The van der Waals surface area contributed by atoms with Gasteiger partial charge in [0, 0.05) is 18.8 Å². The van der Waals surface area contributed by atoms with E-state index in [9.17, 15) is 4.79 Å². The van der Waals surface area contributed by atoms with Crippen molar-refractivity contribution in [2.45, 2.75) is 52.2 Å². The number of Topliss-reactive ketones (excluding diaryl/α,β-unsaturated/α-hetero) is 1. The molecule has 0 aromatic rings. The van der Waals surface area contributed by atoms with Crippen molar-refractivity contribution >= 4 is 5.78 Å². The number of rotatable bonds is 4. The number of carbonyl (C=O) groups excluding carboxylic acids is 1. The summed E-state index contributed by atoms with van der Waals surface area (Å²) in [6.07, 6.45) is 7.51. The number of hydrogen-bond donors (Lipinski definition) is 0. The standard InChI is InChI=1S/C13H20O2/c1-5-6-7-8-12(14)13-9(2)10(3)15-11(13)4/h1,9-11,13H,6-8H2,2-4H3. The molecule has 0 saturated carbocycles. The van der Waals surface area contributed by atoms with Crippen molar-refractivity contribution in [2.75, 3.05) is 0 Å². The number of terminal acetylenes is 1. The van der Waals surface area contributed by atoms with Crippen LogP contribution >= 0.6 is 0 Å². The number of unbranched alkanes of at least 4 members (excludes halogenated alkanes) is 1. The Morgan fingerprint density at radius 2 is 2.00 bits per heavy atom. The molecule has 2 heteroatoms. The van der Waals surface area contributed by atoms with Gasteiger partial charge in [-0.05, 0) is 26.2 Å². The fourth-order valence-corrected chi connectivity index (χ4v) is 2.35. The molecule has 1 heterocycles. The van der Waals surface area contributed by atoms with E-state index < -0.39 is 0 Å². The quantitative estimate of drug-likeness (QED) is 0.524. The van der Waals surface area contributed by atoms with Crippen molar-refractivity contribution in [1.29, 1.82) is 0 Å². The summed E-state index contributed by atoms with van der Waals surface area (Å²) >= 11 is 0. The monoisotopic (exact) mass is 208 g/mol. The molecule has 1 rings (SSSR count). The maximum atomic E-state index is 11.9. The Morgan fingerprint density at radius 3 is 2.47 bits per heavy atom. The molecule has 0 spiro atoms. The highest BCUT2D eigenvalue weighted by molar-refractivity contribution is 5.82. The normalized spacial score (nSPS) is 35.1. The van der Waals surface area contributed by atoms with E-state index in [-0.39, 0.29) is 18.1 Å². The molecule has 84 valence electrons. The first-order valence-corrected chi connectivity index (χ1v) is 5.69. The largest absolute Gasteiger partial charge is 0.375 e. The first kappa shape index (κ1) is 12.3. The molecule has 4 atom stereocenters. The van der Waals surface area contributed by atoms with E-state index in [0.717, 1.165) is 6.42 Å². The zero-order valence-electron chi connectivity index (χ0n) is 9.82.